The highest BCUT2D eigenvalue weighted by atomic mass is 32.2. The molecule has 0 heterocycles. The van der Waals surface area contributed by atoms with E-state index in [1.54, 1.807) is 36.4 Å². The fourth-order valence-electron chi connectivity index (χ4n) is 3.87. The molecule has 0 aliphatic carbocycles. The number of hydrogen-bond acceptors (Lipinski definition) is 8. The number of hydrogen-bond donors (Lipinski definition) is 1. The van der Waals surface area contributed by atoms with Crippen LogP contribution in [0.3, 0.4) is 0 Å². The summed E-state index contributed by atoms with van der Waals surface area (Å²) in [6.45, 7) is 1.29. The van der Waals surface area contributed by atoms with Gasteiger partial charge < -0.3 is 9.47 Å². The van der Waals surface area contributed by atoms with Gasteiger partial charge in [0, 0.05) is 11.6 Å². The minimum absolute atomic E-state index is 0.157. The summed E-state index contributed by atoms with van der Waals surface area (Å²) in [5, 5.41) is 15.4. The third-order valence-corrected chi connectivity index (χ3v) is 7.91. The maximum absolute atomic E-state index is 13.6. The molecule has 0 atom stereocenters. The van der Waals surface area contributed by atoms with E-state index in [4.69, 9.17) is 9.47 Å². The first-order valence-electron chi connectivity index (χ1n) is 12.7. The van der Waals surface area contributed by atoms with Crippen molar-refractivity contribution >= 4 is 33.5 Å². The number of benzene rings is 4. The Bertz CT molecular complexity index is 1680. The van der Waals surface area contributed by atoms with Crippen molar-refractivity contribution in [1.82, 2.24) is 5.43 Å². The van der Waals surface area contributed by atoms with Gasteiger partial charge in [0.2, 0.25) is 0 Å². The first-order valence-corrected chi connectivity index (χ1v) is 14.1. The molecule has 12 heteroatoms. The van der Waals surface area contributed by atoms with Crippen molar-refractivity contribution in [2.24, 2.45) is 5.10 Å². The molecule has 0 aromatic heterocycles. The van der Waals surface area contributed by atoms with Gasteiger partial charge in [-0.05, 0) is 72.6 Å². The van der Waals surface area contributed by atoms with E-state index in [0.717, 1.165) is 15.9 Å². The van der Waals surface area contributed by atoms with E-state index in [-0.39, 0.29) is 16.3 Å². The smallest absolute Gasteiger partial charge is 0.273 e. The quantitative estimate of drug-likeness (QED) is 0.142. The number of amides is 1. The Kier molecular flexibility index (Phi) is 9.50. The van der Waals surface area contributed by atoms with Crippen molar-refractivity contribution in [3.63, 3.8) is 0 Å². The molecule has 0 fully saturated rings. The van der Waals surface area contributed by atoms with Gasteiger partial charge in [-0.1, -0.05) is 36.4 Å². The zero-order chi connectivity index (χ0) is 30.1. The lowest BCUT2D eigenvalue weighted by molar-refractivity contribution is -0.385. The molecule has 4 aromatic carbocycles. The topological polar surface area (TPSA) is 140 Å². The summed E-state index contributed by atoms with van der Waals surface area (Å²) in [5.41, 5.74) is 4.16. The molecule has 0 aliphatic heterocycles. The molecule has 42 heavy (non-hydrogen) atoms. The van der Waals surface area contributed by atoms with Crippen molar-refractivity contribution in [2.75, 3.05) is 18.0 Å². The fourth-order valence-corrected chi connectivity index (χ4v) is 5.31. The number of nitro benzene ring substituents is 1. The molecule has 0 unspecified atom stereocenters. The standard InChI is InChI=1S/C30H28N4O7S/c1-22-8-17-28(18-29(22)34(36)37)42(38,39)33(25-11-15-26(40-2)16-12-25)20-30(35)32-31-19-23-9-13-27(14-10-23)41-21-24-6-4-3-5-7-24/h3-19H,20-21H2,1-2H3,(H,32,35)/b31-19-. The van der Waals surface area contributed by atoms with Gasteiger partial charge in [0.15, 0.2) is 0 Å². The molecule has 1 amide bonds. The number of ether oxygens (including phenoxy) is 2. The van der Waals surface area contributed by atoms with Crippen LogP contribution in [0, 0.1) is 17.0 Å². The number of rotatable bonds is 12. The number of nitrogens with zero attached hydrogens (tertiary/aromatic N) is 3. The summed E-state index contributed by atoms with van der Waals surface area (Å²) in [6, 6.07) is 26.4. The van der Waals surface area contributed by atoms with Gasteiger partial charge in [0.25, 0.3) is 21.6 Å². The van der Waals surface area contributed by atoms with E-state index in [1.807, 2.05) is 30.3 Å². The van der Waals surface area contributed by atoms with E-state index in [0.29, 0.717) is 29.2 Å². The second-order valence-electron chi connectivity index (χ2n) is 9.05. The van der Waals surface area contributed by atoms with Crippen LogP contribution in [0.25, 0.3) is 0 Å². The van der Waals surface area contributed by atoms with Crippen LogP contribution in [-0.2, 0) is 21.4 Å². The maximum Gasteiger partial charge on any atom is 0.273 e. The molecule has 0 saturated heterocycles. The van der Waals surface area contributed by atoms with Crippen molar-refractivity contribution in [1.29, 1.82) is 0 Å². The number of aryl methyl sites for hydroxylation is 1. The molecule has 1 N–H and O–H groups in total. The van der Waals surface area contributed by atoms with Crippen LogP contribution in [0.5, 0.6) is 11.5 Å². The molecule has 4 aromatic rings. The summed E-state index contributed by atoms with van der Waals surface area (Å²) in [6.07, 6.45) is 1.41. The molecule has 0 bridgehead atoms. The Morgan fingerprint density at radius 3 is 2.29 bits per heavy atom. The van der Waals surface area contributed by atoms with E-state index in [2.05, 4.69) is 10.5 Å². The Balaban J connectivity index is 1.47. The molecule has 11 nitrogen and oxygen atoms in total. The lowest BCUT2D eigenvalue weighted by Gasteiger charge is -2.24. The first kappa shape index (κ1) is 29.7. The van der Waals surface area contributed by atoms with Gasteiger partial charge in [-0.2, -0.15) is 5.10 Å². The van der Waals surface area contributed by atoms with Crippen LogP contribution in [0.15, 0.2) is 107 Å². The molecule has 0 spiro atoms. The first-order chi connectivity index (χ1) is 20.2. The number of methoxy groups -OCH3 is 1. The Labute approximate surface area is 243 Å². The average Bonchev–Trinajstić information content (AvgIpc) is 3.00. The Morgan fingerprint density at radius 1 is 0.976 bits per heavy atom. The van der Waals surface area contributed by atoms with Crippen LogP contribution in [0.1, 0.15) is 16.7 Å². The summed E-state index contributed by atoms with van der Waals surface area (Å²) in [7, 11) is -2.92. The minimum Gasteiger partial charge on any atom is -0.497 e. The Hall–Kier alpha value is -5.23. The van der Waals surface area contributed by atoms with Gasteiger partial charge in [-0.3, -0.25) is 19.2 Å². The van der Waals surface area contributed by atoms with Gasteiger partial charge in [0.1, 0.15) is 24.7 Å². The third kappa shape index (κ3) is 7.49. The fraction of sp³-hybridized carbons (Fsp3) is 0.133. The van der Waals surface area contributed by atoms with E-state index in [1.165, 1.54) is 44.5 Å². The van der Waals surface area contributed by atoms with Gasteiger partial charge in [-0.25, -0.2) is 13.8 Å². The highest BCUT2D eigenvalue weighted by Gasteiger charge is 2.29. The number of hydrazone groups is 1. The summed E-state index contributed by atoms with van der Waals surface area (Å²) >= 11 is 0. The number of nitro groups is 1. The maximum atomic E-state index is 13.6. The van der Waals surface area contributed by atoms with Crippen LogP contribution in [0.2, 0.25) is 0 Å². The number of nitrogens with one attached hydrogen (secondary N) is 1. The highest BCUT2D eigenvalue weighted by Crippen LogP contribution is 2.29. The van der Waals surface area contributed by atoms with Crippen molar-refractivity contribution in [3.05, 3.63) is 124 Å². The van der Waals surface area contributed by atoms with Gasteiger partial charge >= 0.3 is 0 Å². The third-order valence-electron chi connectivity index (χ3n) is 6.14. The van der Waals surface area contributed by atoms with Crippen molar-refractivity contribution in [3.8, 4) is 11.5 Å². The van der Waals surface area contributed by atoms with Crippen molar-refractivity contribution < 1.29 is 27.6 Å². The molecule has 4 rings (SSSR count). The second kappa shape index (κ2) is 13.4. The van der Waals surface area contributed by atoms with Crippen LogP contribution in [0.4, 0.5) is 11.4 Å². The SMILES string of the molecule is COc1ccc(N(CC(=O)N/N=C\c2ccc(OCc3ccccc3)cc2)S(=O)(=O)c2ccc(C)c([N+](=O)[O-])c2)cc1. The predicted octanol–water partition coefficient (Wildman–Crippen LogP) is 4.84. The zero-order valence-corrected chi connectivity index (χ0v) is 23.7. The minimum atomic E-state index is -4.39. The second-order valence-corrected chi connectivity index (χ2v) is 10.9. The predicted molar refractivity (Wildman–Crippen MR) is 158 cm³/mol. The monoisotopic (exact) mass is 588 g/mol. The Morgan fingerprint density at radius 2 is 1.64 bits per heavy atom. The van der Waals surface area contributed by atoms with Gasteiger partial charge in [-0.15, -0.1) is 0 Å². The molecular formula is C30H28N4O7S. The number of sulfonamides is 1. The van der Waals surface area contributed by atoms with Gasteiger partial charge in [0.05, 0.1) is 28.8 Å². The molecule has 0 aliphatic rings. The lowest BCUT2D eigenvalue weighted by Crippen LogP contribution is -2.39. The number of carbonyl (C=O) groups excluding carboxylic acids is 1. The summed E-state index contributed by atoms with van der Waals surface area (Å²) in [4.78, 5) is 23.3. The van der Waals surface area contributed by atoms with Crippen LogP contribution >= 0.6 is 0 Å². The van der Waals surface area contributed by atoms with Crippen LogP contribution < -0.4 is 19.2 Å². The van der Waals surface area contributed by atoms with E-state index < -0.39 is 27.4 Å². The molecular weight excluding hydrogens is 560 g/mol. The average molecular weight is 589 g/mol. The molecule has 216 valence electrons. The largest absolute Gasteiger partial charge is 0.497 e. The molecule has 0 saturated carbocycles. The van der Waals surface area contributed by atoms with Crippen LogP contribution in [-0.4, -0.2) is 39.1 Å². The summed E-state index contributed by atoms with van der Waals surface area (Å²) < 4.78 is 39.0. The lowest BCUT2D eigenvalue weighted by atomic mass is 10.2. The van der Waals surface area contributed by atoms with E-state index >= 15 is 0 Å². The zero-order valence-electron chi connectivity index (χ0n) is 22.8. The number of anilines is 1. The van der Waals surface area contributed by atoms with E-state index in [9.17, 15) is 23.3 Å². The normalized spacial score (nSPS) is 11.2. The molecule has 0 radical (unpaired) electrons. The summed E-state index contributed by atoms with van der Waals surface area (Å²) in [5.74, 6) is 0.416. The van der Waals surface area contributed by atoms with Crippen molar-refractivity contribution in [2.45, 2.75) is 18.4 Å². The number of carbonyl (C=O) groups is 1. The highest BCUT2D eigenvalue weighted by molar-refractivity contribution is 7.92.